The number of rotatable bonds is 5. The first-order chi connectivity index (χ1) is 9.10. The van der Waals surface area contributed by atoms with Crippen molar-refractivity contribution in [3.63, 3.8) is 0 Å². The highest BCUT2D eigenvalue weighted by atomic mass is 35.5. The maximum Gasteiger partial charge on any atom is 0.161 e. The molecule has 0 amide bonds. The third-order valence-corrected chi connectivity index (χ3v) is 3.98. The topological polar surface area (TPSA) is 47.7 Å². The molecule has 20 heavy (non-hydrogen) atoms. The summed E-state index contributed by atoms with van der Waals surface area (Å²) in [5, 5.41) is 0. The third-order valence-electron chi connectivity index (χ3n) is 3.98. The lowest BCUT2D eigenvalue weighted by Crippen LogP contribution is -2.31. The lowest BCUT2D eigenvalue weighted by atomic mass is 9.90. The smallest absolute Gasteiger partial charge is 0.161 e. The van der Waals surface area contributed by atoms with Crippen molar-refractivity contribution in [1.29, 1.82) is 0 Å². The minimum atomic E-state index is 0. The van der Waals surface area contributed by atoms with Crippen LogP contribution in [0.2, 0.25) is 0 Å². The van der Waals surface area contributed by atoms with Gasteiger partial charge < -0.3 is 15.2 Å². The second-order valence-electron chi connectivity index (χ2n) is 5.66. The number of benzene rings is 1. The van der Waals surface area contributed by atoms with Crippen LogP contribution in [-0.2, 0) is 6.54 Å². The molecule has 1 aliphatic rings. The van der Waals surface area contributed by atoms with Crippen LogP contribution >= 0.6 is 12.4 Å². The zero-order valence-corrected chi connectivity index (χ0v) is 13.3. The standard InChI is InChI=1S/C15H24N2O2.ClH/c1-15(10-16)6-7-17(11-15)9-12-4-5-13(18-2)14(8-12)19-3;/h4-5,8H,6-7,9-11,16H2,1-3H3;1H. The molecule has 5 heteroatoms. The molecule has 0 radical (unpaired) electrons. The van der Waals surface area contributed by atoms with Crippen molar-refractivity contribution in [2.24, 2.45) is 11.1 Å². The number of nitrogens with zero attached hydrogens (tertiary/aromatic N) is 1. The van der Waals surface area contributed by atoms with Crippen molar-refractivity contribution in [3.8, 4) is 11.5 Å². The van der Waals surface area contributed by atoms with Crippen LogP contribution in [0.15, 0.2) is 18.2 Å². The van der Waals surface area contributed by atoms with E-state index in [1.54, 1.807) is 14.2 Å². The van der Waals surface area contributed by atoms with Gasteiger partial charge in [0.15, 0.2) is 11.5 Å². The molecular weight excluding hydrogens is 276 g/mol. The molecule has 0 bridgehead atoms. The van der Waals surface area contributed by atoms with Crippen LogP contribution in [0.25, 0.3) is 0 Å². The summed E-state index contributed by atoms with van der Waals surface area (Å²) in [6.07, 6.45) is 1.18. The van der Waals surface area contributed by atoms with Gasteiger partial charge in [-0.1, -0.05) is 13.0 Å². The molecule has 1 aliphatic heterocycles. The van der Waals surface area contributed by atoms with Gasteiger partial charge in [0.2, 0.25) is 0 Å². The Hall–Kier alpha value is -0.970. The van der Waals surface area contributed by atoms with Gasteiger partial charge in [0, 0.05) is 13.1 Å². The average Bonchev–Trinajstić information content (AvgIpc) is 2.81. The van der Waals surface area contributed by atoms with E-state index >= 15 is 0 Å². The van der Waals surface area contributed by atoms with E-state index in [-0.39, 0.29) is 17.8 Å². The molecule has 2 N–H and O–H groups in total. The lowest BCUT2D eigenvalue weighted by Gasteiger charge is -2.22. The van der Waals surface area contributed by atoms with Crippen molar-refractivity contribution in [1.82, 2.24) is 4.90 Å². The van der Waals surface area contributed by atoms with Gasteiger partial charge >= 0.3 is 0 Å². The van der Waals surface area contributed by atoms with E-state index < -0.39 is 0 Å². The van der Waals surface area contributed by atoms with Crippen molar-refractivity contribution < 1.29 is 9.47 Å². The summed E-state index contributed by atoms with van der Waals surface area (Å²) in [5.74, 6) is 1.57. The Morgan fingerprint density at radius 3 is 2.50 bits per heavy atom. The van der Waals surface area contributed by atoms with Gasteiger partial charge in [-0.05, 0) is 42.6 Å². The highest BCUT2D eigenvalue weighted by Gasteiger charge is 2.32. The maximum atomic E-state index is 5.84. The molecule has 4 nitrogen and oxygen atoms in total. The number of hydrogen-bond acceptors (Lipinski definition) is 4. The molecule has 1 aromatic rings. The monoisotopic (exact) mass is 300 g/mol. The predicted molar refractivity (Wildman–Crippen MR) is 83.8 cm³/mol. The minimum absolute atomic E-state index is 0. The fourth-order valence-electron chi connectivity index (χ4n) is 2.66. The Morgan fingerprint density at radius 2 is 1.95 bits per heavy atom. The number of likely N-dealkylation sites (tertiary alicyclic amines) is 1. The molecule has 114 valence electrons. The van der Waals surface area contributed by atoms with Crippen molar-refractivity contribution in [3.05, 3.63) is 23.8 Å². The Balaban J connectivity index is 0.00000200. The summed E-state index contributed by atoms with van der Waals surface area (Å²) in [7, 11) is 3.33. The Labute approximate surface area is 127 Å². The third kappa shape index (κ3) is 3.78. The summed E-state index contributed by atoms with van der Waals surface area (Å²) >= 11 is 0. The molecule has 1 saturated heterocycles. The molecule has 1 atom stereocenters. The number of hydrogen-bond donors (Lipinski definition) is 1. The molecule has 0 aromatic heterocycles. The van der Waals surface area contributed by atoms with Crippen molar-refractivity contribution >= 4 is 12.4 Å². The van der Waals surface area contributed by atoms with Crippen LogP contribution < -0.4 is 15.2 Å². The van der Waals surface area contributed by atoms with Gasteiger partial charge in [-0.2, -0.15) is 0 Å². The van der Waals surface area contributed by atoms with Gasteiger partial charge in [0.1, 0.15) is 0 Å². The largest absolute Gasteiger partial charge is 0.493 e. The first-order valence-corrected chi connectivity index (χ1v) is 6.73. The van der Waals surface area contributed by atoms with Crippen LogP contribution in [0.4, 0.5) is 0 Å². The van der Waals surface area contributed by atoms with E-state index in [0.717, 1.165) is 37.7 Å². The molecule has 1 fully saturated rings. The number of halogens is 1. The second kappa shape index (κ2) is 7.16. The fourth-order valence-corrected chi connectivity index (χ4v) is 2.66. The van der Waals surface area contributed by atoms with E-state index in [2.05, 4.69) is 24.0 Å². The van der Waals surface area contributed by atoms with Crippen LogP contribution in [0.3, 0.4) is 0 Å². The zero-order chi connectivity index (χ0) is 13.9. The fraction of sp³-hybridized carbons (Fsp3) is 0.600. The summed E-state index contributed by atoms with van der Waals surface area (Å²) in [4.78, 5) is 2.45. The quantitative estimate of drug-likeness (QED) is 0.906. The molecule has 0 spiro atoms. The molecule has 1 aromatic carbocycles. The van der Waals surface area contributed by atoms with Crippen molar-refractivity contribution in [2.45, 2.75) is 19.9 Å². The van der Waals surface area contributed by atoms with E-state index in [1.807, 2.05) is 6.07 Å². The number of methoxy groups -OCH3 is 2. The number of ether oxygens (including phenoxy) is 2. The lowest BCUT2D eigenvalue weighted by molar-refractivity contribution is 0.274. The predicted octanol–water partition coefficient (Wildman–Crippen LogP) is 2.30. The van der Waals surface area contributed by atoms with E-state index in [1.165, 1.54) is 12.0 Å². The second-order valence-corrected chi connectivity index (χ2v) is 5.66. The van der Waals surface area contributed by atoms with E-state index in [0.29, 0.717) is 0 Å². The zero-order valence-electron chi connectivity index (χ0n) is 12.5. The van der Waals surface area contributed by atoms with E-state index in [4.69, 9.17) is 15.2 Å². The molecule has 1 heterocycles. The molecular formula is C15H25ClN2O2. The summed E-state index contributed by atoms with van der Waals surface area (Å²) in [6, 6.07) is 6.11. The SMILES string of the molecule is COc1ccc(CN2CCC(C)(CN)C2)cc1OC.Cl. The summed E-state index contributed by atoms with van der Waals surface area (Å²) < 4.78 is 10.6. The van der Waals surface area contributed by atoms with Crippen LogP contribution in [-0.4, -0.2) is 38.8 Å². The van der Waals surface area contributed by atoms with Crippen LogP contribution in [0, 0.1) is 5.41 Å². The van der Waals surface area contributed by atoms with Crippen LogP contribution in [0.5, 0.6) is 11.5 Å². The van der Waals surface area contributed by atoms with Gasteiger partial charge in [-0.25, -0.2) is 0 Å². The highest BCUT2D eigenvalue weighted by molar-refractivity contribution is 5.85. The first-order valence-electron chi connectivity index (χ1n) is 6.73. The Morgan fingerprint density at radius 1 is 1.25 bits per heavy atom. The Bertz CT molecular complexity index is 442. The highest BCUT2D eigenvalue weighted by Crippen LogP contribution is 2.31. The average molecular weight is 301 g/mol. The van der Waals surface area contributed by atoms with Crippen molar-refractivity contribution in [2.75, 3.05) is 33.9 Å². The molecule has 0 saturated carbocycles. The minimum Gasteiger partial charge on any atom is -0.493 e. The van der Waals surface area contributed by atoms with Gasteiger partial charge in [0.05, 0.1) is 14.2 Å². The summed E-state index contributed by atoms with van der Waals surface area (Å²) in [6.45, 7) is 6.15. The first kappa shape index (κ1) is 17.1. The number of nitrogens with two attached hydrogens (primary N) is 1. The molecule has 2 rings (SSSR count). The Kier molecular flexibility index (Phi) is 6.11. The van der Waals surface area contributed by atoms with Gasteiger partial charge in [-0.3, -0.25) is 4.90 Å². The molecule has 1 unspecified atom stereocenters. The van der Waals surface area contributed by atoms with E-state index in [9.17, 15) is 0 Å². The summed E-state index contributed by atoms with van der Waals surface area (Å²) in [5.41, 5.74) is 7.37. The normalized spacial score (nSPS) is 22.4. The molecule has 0 aliphatic carbocycles. The van der Waals surface area contributed by atoms with Gasteiger partial charge in [0.25, 0.3) is 0 Å². The maximum absolute atomic E-state index is 5.84. The van der Waals surface area contributed by atoms with Gasteiger partial charge in [-0.15, -0.1) is 12.4 Å². The van der Waals surface area contributed by atoms with Crippen LogP contribution in [0.1, 0.15) is 18.9 Å².